The molecule has 26 heavy (non-hydrogen) atoms. The molecule has 1 unspecified atom stereocenters. The van der Waals surface area contributed by atoms with Gasteiger partial charge in [-0.1, -0.05) is 57.3 Å². The van der Waals surface area contributed by atoms with Gasteiger partial charge in [-0.2, -0.15) is 0 Å². The number of aliphatic hydroxyl groups excluding tert-OH is 1. The van der Waals surface area contributed by atoms with E-state index in [0.717, 1.165) is 12.3 Å². The maximum absolute atomic E-state index is 12.2. The van der Waals surface area contributed by atoms with Crippen LogP contribution in [-0.2, 0) is 0 Å². The molecule has 1 saturated carbocycles. The highest BCUT2D eigenvalue weighted by atomic mass is 32.1. The monoisotopic (exact) mass is 383 g/mol. The van der Waals surface area contributed by atoms with Crippen molar-refractivity contribution < 1.29 is 14.6 Å². The summed E-state index contributed by atoms with van der Waals surface area (Å²) in [6.07, 6.45) is 9.99. The van der Waals surface area contributed by atoms with Crippen molar-refractivity contribution >= 4 is 17.2 Å². The third-order valence-corrected chi connectivity index (χ3v) is 5.58. The van der Waals surface area contributed by atoms with Crippen molar-refractivity contribution in [2.75, 3.05) is 19.7 Å². The van der Waals surface area contributed by atoms with Crippen molar-refractivity contribution in [1.29, 1.82) is 0 Å². The highest BCUT2D eigenvalue weighted by molar-refractivity contribution is 7.15. The van der Waals surface area contributed by atoms with Crippen LogP contribution in [0.3, 0.4) is 0 Å². The summed E-state index contributed by atoms with van der Waals surface area (Å²) in [6.45, 7) is 5.39. The van der Waals surface area contributed by atoms with E-state index in [4.69, 9.17) is 4.74 Å². The highest BCUT2D eigenvalue weighted by Gasteiger charge is 2.15. The summed E-state index contributed by atoms with van der Waals surface area (Å²) in [4.78, 5) is 16.8. The number of aromatic nitrogens is 1. The number of hydrogen-bond donors (Lipinski definition) is 3. The molecule has 2 rings (SSSR count). The predicted molar refractivity (Wildman–Crippen MR) is 105 cm³/mol. The third-order valence-electron chi connectivity index (χ3n) is 4.67. The number of hydrogen-bond acceptors (Lipinski definition) is 6. The molecular formula is C19H33N3O3S. The maximum Gasteiger partial charge on any atom is 0.273 e. The van der Waals surface area contributed by atoms with Gasteiger partial charge in [-0.25, -0.2) is 4.98 Å². The molecule has 1 atom stereocenters. The second kappa shape index (κ2) is 11.5. The van der Waals surface area contributed by atoms with Gasteiger partial charge in [0.05, 0.1) is 6.20 Å². The quantitative estimate of drug-likeness (QED) is 0.512. The van der Waals surface area contributed by atoms with Gasteiger partial charge < -0.3 is 20.5 Å². The Morgan fingerprint density at radius 2 is 2.15 bits per heavy atom. The Labute approximate surface area is 160 Å². The fourth-order valence-electron chi connectivity index (χ4n) is 3.18. The van der Waals surface area contributed by atoms with Crippen LogP contribution < -0.4 is 15.4 Å². The fourth-order valence-corrected chi connectivity index (χ4v) is 3.87. The van der Waals surface area contributed by atoms with Gasteiger partial charge in [-0.15, -0.1) is 0 Å². The van der Waals surface area contributed by atoms with E-state index in [1.807, 2.05) is 13.8 Å². The van der Waals surface area contributed by atoms with E-state index in [9.17, 15) is 9.90 Å². The summed E-state index contributed by atoms with van der Waals surface area (Å²) in [7, 11) is 0. The zero-order valence-corrected chi connectivity index (χ0v) is 16.8. The van der Waals surface area contributed by atoms with E-state index in [1.54, 1.807) is 0 Å². The number of nitrogens with one attached hydrogen (secondary N) is 2. The summed E-state index contributed by atoms with van der Waals surface area (Å²) in [6, 6.07) is 0.318. The summed E-state index contributed by atoms with van der Waals surface area (Å²) in [5, 5.41) is 16.4. The predicted octanol–water partition coefficient (Wildman–Crippen LogP) is 2.97. The van der Waals surface area contributed by atoms with E-state index in [2.05, 4.69) is 15.6 Å². The molecule has 0 bridgehead atoms. The van der Waals surface area contributed by atoms with Gasteiger partial charge in [0, 0.05) is 19.1 Å². The first-order valence-electron chi connectivity index (χ1n) is 9.83. The molecule has 6 nitrogen and oxygen atoms in total. The first-order chi connectivity index (χ1) is 12.5. The normalized spacial score (nSPS) is 16.6. The van der Waals surface area contributed by atoms with E-state index in [1.165, 1.54) is 56.1 Å². The molecule has 0 saturated heterocycles. The number of rotatable bonds is 11. The topological polar surface area (TPSA) is 83.5 Å². The van der Waals surface area contributed by atoms with Crippen LogP contribution in [0.15, 0.2) is 6.20 Å². The molecule has 1 amide bonds. The van der Waals surface area contributed by atoms with Gasteiger partial charge >= 0.3 is 0 Å². The van der Waals surface area contributed by atoms with Crippen molar-refractivity contribution in [2.24, 2.45) is 5.92 Å². The molecule has 0 aliphatic heterocycles. The molecule has 148 valence electrons. The van der Waals surface area contributed by atoms with Crippen LogP contribution in [0.5, 0.6) is 5.19 Å². The zero-order valence-electron chi connectivity index (χ0n) is 16.0. The Hall–Kier alpha value is -1.18. The molecule has 3 N–H and O–H groups in total. The molecule has 0 aromatic carbocycles. The van der Waals surface area contributed by atoms with Crippen LogP contribution in [0, 0.1) is 5.92 Å². The molecule has 1 aromatic heterocycles. The number of aliphatic hydroxyl groups is 1. The van der Waals surface area contributed by atoms with E-state index >= 15 is 0 Å². The van der Waals surface area contributed by atoms with E-state index in [-0.39, 0.29) is 12.5 Å². The van der Waals surface area contributed by atoms with Crippen LogP contribution >= 0.6 is 11.3 Å². The Morgan fingerprint density at radius 3 is 2.88 bits per heavy atom. The van der Waals surface area contributed by atoms with Gasteiger partial charge in [0.15, 0.2) is 0 Å². The number of carbonyl (C=O) groups excluding carboxylic acids is 1. The fraction of sp³-hybridized carbons (Fsp3) is 0.789. The molecule has 1 heterocycles. The molecule has 1 aliphatic carbocycles. The SMILES string of the molecule is CC(C)NCC(O)COc1ncc(C(=O)NCCCC2CCCCC2)s1. The van der Waals surface area contributed by atoms with Crippen LogP contribution in [0.25, 0.3) is 0 Å². The summed E-state index contributed by atoms with van der Waals surface area (Å²) >= 11 is 1.22. The van der Waals surface area contributed by atoms with Crippen molar-refractivity contribution in [2.45, 2.75) is 70.9 Å². The van der Waals surface area contributed by atoms with Crippen LogP contribution in [0.2, 0.25) is 0 Å². The minimum Gasteiger partial charge on any atom is -0.467 e. The Balaban J connectivity index is 1.62. The third kappa shape index (κ3) is 8.01. The van der Waals surface area contributed by atoms with Gasteiger partial charge in [0.1, 0.15) is 17.6 Å². The second-order valence-corrected chi connectivity index (χ2v) is 8.41. The highest BCUT2D eigenvalue weighted by Crippen LogP contribution is 2.27. The lowest BCUT2D eigenvalue weighted by molar-refractivity contribution is 0.0956. The smallest absolute Gasteiger partial charge is 0.273 e. The number of thiazole rings is 1. The minimum absolute atomic E-state index is 0.0944. The minimum atomic E-state index is -0.599. The lowest BCUT2D eigenvalue weighted by atomic mass is 9.86. The number of carbonyl (C=O) groups is 1. The average molecular weight is 384 g/mol. The first-order valence-corrected chi connectivity index (χ1v) is 10.6. The summed E-state index contributed by atoms with van der Waals surface area (Å²) in [5.41, 5.74) is 0. The Kier molecular flexibility index (Phi) is 9.36. The standard InChI is InChI=1S/C19H33N3O3S/c1-14(2)21-11-16(23)13-25-19-22-12-17(26-19)18(24)20-10-6-9-15-7-4-3-5-8-15/h12,14-16,21,23H,3-11,13H2,1-2H3,(H,20,24). The Morgan fingerprint density at radius 1 is 1.38 bits per heavy atom. The molecule has 0 spiro atoms. The maximum atomic E-state index is 12.2. The molecule has 1 aliphatic rings. The van der Waals surface area contributed by atoms with Gasteiger partial charge in [-0.3, -0.25) is 4.79 Å². The molecule has 1 fully saturated rings. The number of ether oxygens (including phenoxy) is 1. The second-order valence-electron chi connectivity index (χ2n) is 7.42. The molecule has 7 heteroatoms. The van der Waals surface area contributed by atoms with Crippen LogP contribution in [-0.4, -0.2) is 47.8 Å². The van der Waals surface area contributed by atoms with Crippen LogP contribution in [0.1, 0.15) is 68.5 Å². The molecular weight excluding hydrogens is 350 g/mol. The average Bonchev–Trinajstić information content (AvgIpc) is 3.11. The van der Waals surface area contributed by atoms with E-state index < -0.39 is 6.10 Å². The van der Waals surface area contributed by atoms with Gasteiger partial charge in [0.2, 0.25) is 0 Å². The zero-order chi connectivity index (χ0) is 18.8. The van der Waals surface area contributed by atoms with Crippen molar-refractivity contribution in [3.05, 3.63) is 11.1 Å². The number of amides is 1. The summed E-state index contributed by atoms with van der Waals surface area (Å²) < 4.78 is 5.47. The molecule has 1 aromatic rings. The van der Waals surface area contributed by atoms with Crippen molar-refractivity contribution in [3.8, 4) is 5.19 Å². The van der Waals surface area contributed by atoms with Gasteiger partial charge in [-0.05, 0) is 18.8 Å². The summed E-state index contributed by atoms with van der Waals surface area (Å²) in [5.74, 6) is 0.753. The molecule has 0 radical (unpaired) electrons. The van der Waals surface area contributed by atoms with Crippen LogP contribution in [0.4, 0.5) is 0 Å². The first kappa shape index (κ1) is 21.1. The van der Waals surface area contributed by atoms with Crippen molar-refractivity contribution in [1.82, 2.24) is 15.6 Å². The lowest BCUT2D eigenvalue weighted by Gasteiger charge is -2.21. The largest absolute Gasteiger partial charge is 0.467 e. The van der Waals surface area contributed by atoms with Gasteiger partial charge in [0.25, 0.3) is 11.1 Å². The lowest BCUT2D eigenvalue weighted by Crippen LogP contribution is -2.35. The van der Waals surface area contributed by atoms with Crippen molar-refractivity contribution in [3.63, 3.8) is 0 Å². The number of nitrogens with zero attached hydrogens (tertiary/aromatic N) is 1. The van der Waals surface area contributed by atoms with E-state index in [0.29, 0.717) is 29.2 Å². The Bertz CT molecular complexity index is 530.